The van der Waals surface area contributed by atoms with Crippen molar-refractivity contribution in [2.24, 2.45) is 0 Å². The summed E-state index contributed by atoms with van der Waals surface area (Å²) in [7, 11) is 0. The fraction of sp³-hybridized carbons (Fsp3) is 0.381. The molecule has 2 aromatic carbocycles. The molecule has 0 bridgehead atoms. The molecule has 0 amide bonds. The Balaban J connectivity index is 1.68. The third-order valence-corrected chi connectivity index (χ3v) is 4.85. The van der Waals surface area contributed by atoms with Gasteiger partial charge in [-0.3, -0.25) is 0 Å². The van der Waals surface area contributed by atoms with Gasteiger partial charge in [0, 0.05) is 0 Å². The number of hydrogen-bond acceptors (Lipinski definition) is 3. The number of nitrogens with zero attached hydrogens (tertiary/aromatic N) is 1. The molecule has 3 rings (SSSR count). The predicted molar refractivity (Wildman–Crippen MR) is 93.6 cm³/mol. The molecule has 0 aromatic heterocycles. The van der Waals surface area contributed by atoms with Crippen LogP contribution in [-0.4, -0.2) is 10.7 Å². The molecule has 1 aliphatic rings. The maximum Gasteiger partial charge on any atom is 0.119 e. The van der Waals surface area contributed by atoms with Gasteiger partial charge in [-0.15, -0.1) is 0 Å². The maximum atomic E-state index is 10.9. The Bertz CT molecular complexity index is 682. The molecule has 1 N–H and O–H groups in total. The van der Waals surface area contributed by atoms with E-state index in [0.29, 0.717) is 19.4 Å². The summed E-state index contributed by atoms with van der Waals surface area (Å²) in [6, 6.07) is 19.9. The second-order valence-electron chi connectivity index (χ2n) is 6.57. The molecule has 0 heterocycles. The molecule has 0 spiro atoms. The van der Waals surface area contributed by atoms with E-state index in [0.717, 1.165) is 36.1 Å². The Labute approximate surface area is 143 Å². The normalized spacial score (nSPS) is 17.7. The number of hydrogen-bond donors (Lipinski definition) is 1. The van der Waals surface area contributed by atoms with Crippen LogP contribution < -0.4 is 4.74 Å². The fourth-order valence-electron chi connectivity index (χ4n) is 3.46. The highest BCUT2D eigenvalue weighted by Crippen LogP contribution is 2.39. The molecule has 1 saturated carbocycles. The van der Waals surface area contributed by atoms with E-state index in [1.165, 1.54) is 0 Å². The van der Waals surface area contributed by atoms with Crippen LogP contribution >= 0.6 is 0 Å². The first kappa shape index (κ1) is 16.5. The Morgan fingerprint density at radius 1 is 1.00 bits per heavy atom. The molecule has 24 heavy (non-hydrogen) atoms. The van der Waals surface area contributed by atoms with Gasteiger partial charge in [0.2, 0.25) is 0 Å². The lowest BCUT2D eigenvalue weighted by molar-refractivity contribution is -0.00715. The van der Waals surface area contributed by atoms with E-state index in [1.54, 1.807) is 0 Å². The molecule has 2 aromatic rings. The first-order chi connectivity index (χ1) is 11.7. The van der Waals surface area contributed by atoms with E-state index in [1.807, 2.05) is 54.6 Å². The van der Waals surface area contributed by atoms with E-state index < -0.39 is 11.5 Å². The summed E-state index contributed by atoms with van der Waals surface area (Å²) in [5, 5.41) is 20.4. The van der Waals surface area contributed by atoms with E-state index in [4.69, 9.17) is 4.74 Å². The highest BCUT2D eigenvalue weighted by atomic mass is 16.5. The van der Waals surface area contributed by atoms with Crippen LogP contribution in [0, 0.1) is 11.3 Å². The van der Waals surface area contributed by atoms with Crippen molar-refractivity contribution >= 4 is 0 Å². The standard InChI is InChI=1S/C21H23NO2/c22-15-20(21(23)13-5-2-6-14-21)18-9-11-19(12-10-18)24-16-17-7-3-1-4-8-17/h1,3-4,7-12,20,23H,2,5-6,13-14,16H2. The highest BCUT2D eigenvalue weighted by molar-refractivity contribution is 5.34. The molecule has 1 unspecified atom stereocenters. The van der Waals surface area contributed by atoms with Gasteiger partial charge in [-0.05, 0) is 36.1 Å². The van der Waals surface area contributed by atoms with E-state index in [-0.39, 0.29) is 0 Å². The first-order valence-electron chi connectivity index (χ1n) is 8.60. The summed E-state index contributed by atoms with van der Waals surface area (Å²) in [4.78, 5) is 0. The largest absolute Gasteiger partial charge is 0.489 e. The Morgan fingerprint density at radius 2 is 1.67 bits per heavy atom. The zero-order valence-electron chi connectivity index (χ0n) is 13.8. The molecule has 1 fully saturated rings. The van der Waals surface area contributed by atoms with Crippen LogP contribution in [0.4, 0.5) is 0 Å². The SMILES string of the molecule is N#CC(c1ccc(OCc2ccccc2)cc1)C1(O)CCCCC1. The van der Waals surface area contributed by atoms with Gasteiger partial charge in [0.1, 0.15) is 12.4 Å². The average Bonchev–Trinajstić information content (AvgIpc) is 2.63. The van der Waals surface area contributed by atoms with Gasteiger partial charge in [0.15, 0.2) is 0 Å². The molecular formula is C21H23NO2. The number of aliphatic hydroxyl groups is 1. The lowest BCUT2D eigenvalue weighted by Gasteiger charge is -2.36. The van der Waals surface area contributed by atoms with Gasteiger partial charge in [0.05, 0.1) is 17.6 Å². The monoisotopic (exact) mass is 321 g/mol. The second-order valence-corrected chi connectivity index (χ2v) is 6.57. The average molecular weight is 321 g/mol. The van der Waals surface area contributed by atoms with Crippen molar-refractivity contribution in [3.63, 3.8) is 0 Å². The third kappa shape index (κ3) is 3.77. The van der Waals surface area contributed by atoms with Gasteiger partial charge in [-0.2, -0.15) is 5.26 Å². The van der Waals surface area contributed by atoms with Crippen molar-refractivity contribution in [3.8, 4) is 11.8 Å². The van der Waals surface area contributed by atoms with Gasteiger partial charge in [-0.25, -0.2) is 0 Å². The molecule has 3 nitrogen and oxygen atoms in total. The first-order valence-corrected chi connectivity index (χ1v) is 8.60. The van der Waals surface area contributed by atoms with Gasteiger partial charge in [-0.1, -0.05) is 61.7 Å². The molecule has 1 aliphatic carbocycles. The molecule has 1 atom stereocenters. The van der Waals surface area contributed by atoms with Gasteiger partial charge < -0.3 is 9.84 Å². The third-order valence-electron chi connectivity index (χ3n) is 4.85. The summed E-state index contributed by atoms with van der Waals surface area (Å²) >= 11 is 0. The van der Waals surface area contributed by atoms with Crippen molar-refractivity contribution in [1.29, 1.82) is 5.26 Å². The Hall–Kier alpha value is -2.31. The molecule has 3 heteroatoms. The minimum absolute atomic E-state index is 0.471. The lowest BCUT2D eigenvalue weighted by Crippen LogP contribution is -2.37. The number of ether oxygens (including phenoxy) is 1. The van der Waals surface area contributed by atoms with E-state index >= 15 is 0 Å². The number of rotatable bonds is 5. The fourth-order valence-corrected chi connectivity index (χ4v) is 3.46. The van der Waals surface area contributed by atoms with Crippen LogP contribution in [0.3, 0.4) is 0 Å². The van der Waals surface area contributed by atoms with Crippen LogP contribution in [0.15, 0.2) is 54.6 Å². The quantitative estimate of drug-likeness (QED) is 0.877. The zero-order valence-corrected chi connectivity index (χ0v) is 13.8. The van der Waals surface area contributed by atoms with Crippen LogP contribution in [0.5, 0.6) is 5.75 Å². The van der Waals surface area contributed by atoms with Crippen LogP contribution in [0.2, 0.25) is 0 Å². The second kappa shape index (κ2) is 7.51. The Kier molecular flexibility index (Phi) is 5.17. The lowest BCUT2D eigenvalue weighted by atomic mass is 9.73. The van der Waals surface area contributed by atoms with Crippen LogP contribution in [0.1, 0.15) is 49.1 Å². The summed E-state index contributed by atoms with van der Waals surface area (Å²) in [6.07, 6.45) is 4.54. The van der Waals surface area contributed by atoms with Crippen molar-refractivity contribution in [3.05, 3.63) is 65.7 Å². The van der Waals surface area contributed by atoms with Crippen molar-refractivity contribution in [2.45, 2.75) is 50.2 Å². The highest BCUT2D eigenvalue weighted by Gasteiger charge is 2.38. The molecule has 0 radical (unpaired) electrons. The predicted octanol–water partition coefficient (Wildman–Crippen LogP) is 4.57. The van der Waals surface area contributed by atoms with Crippen molar-refractivity contribution < 1.29 is 9.84 Å². The topological polar surface area (TPSA) is 53.2 Å². The molecule has 124 valence electrons. The summed E-state index contributed by atoms with van der Waals surface area (Å²) in [5.74, 6) is 0.302. The van der Waals surface area contributed by atoms with Gasteiger partial charge >= 0.3 is 0 Å². The molecule has 0 aliphatic heterocycles. The summed E-state index contributed by atoms with van der Waals surface area (Å²) in [6.45, 7) is 0.520. The van der Waals surface area contributed by atoms with E-state index in [2.05, 4.69) is 6.07 Å². The number of benzene rings is 2. The smallest absolute Gasteiger partial charge is 0.119 e. The van der Waals surface area contributed by atoms with Crippen molar-refractivity contribution in [2.75, 3.05) is 0 Å². The Morgan fingerprint density at radius 3 is 2.29 bits per heavy atom. The molecule has 0 saturated heterocycles. The number of nitriles is 1. The maximum absolute atomic E-state index is 10.9. The zero-order chi connectivity index (χ0) is 16.8. The minimum atomic E-state index is -0.889. The van der Waals surface area contributed by atoms with Crippen molar-refractivity contribution in [1.82, 2.24) is 0 Å². The summed E-state index contributed by atoms with van der Waals surface area (Å²) in [5.41, 5.74) is 1.10. The summed E-state index contributed by atoms with van der Waals surface area (Å²) < 4.78 is 5.79. The van der Waals surface area contributed by atoms with Gasteiger partial charge in [0.25, 0.3) is 0 Å². The molecular weight excluding hydrogens is 298 g/mol. The van der Waals surface area contributed by atoms with E-state index in [9.17, 15) is 10.4 Å². The minimum Gasteiger partial charge on any atom is -0.489 e. The van der Waals surface area contributed by atoms with Crippen LogP contribution in [0.25, 0.3) is 0 Å². The van der Waals surface area contributed by atoms with Crippen LogP contribution in [-0.2, 0) is 6.61 Å².